The van der Waals surface area contributed by atoms with Gasteiger partial charge in [-0.25, -0.2) is 4.79 Å². The Morgan fingerprint density at radius 3 is 2.50 bits per heavy atom. The summed E-state index contributed by atoms with van der Waals surface area (Å²) < 4.78 is 4.94. The van der Waals surface area contributed by atoms with Gasteiger partial charge in [-0.05, 0) is 19.8 Å². The zero-order chi connectivity index (χ0) is 11.9. The van der Waals surface area contributed by atoms with Crippen LogP contribution in [0.1, 0.15) is 33.1 Å². The summed E-state index contributed by atoms with van der Waals surface area (Å²) in [5, 5.41) is 0.499. The van der Waals surface area contributed by atoms with Gasteiger partial charge in [0.2, 0.25) is 0 Å². The van der Waals surface area contributed by atoms with Crippen molar-refractivity contribution < 1.29 is 24.0 Å². The van der Waals surface area contributed by atoms with Gasteiger partial charge in [0.1, 0.15) is 5.60 Å². The van der Waals surface area contributed by atoms with Gasteiger partial charge in [-0.1, -0.05) is 12.0 Å². The lowest BCUT2D eigenvalue weighted by atomic mass is 10.1. The van der Waals surface area contributed by atoms with E-state index in [9.17, 15) is 14.4 Å². The number of carbonyl (C=O) groups excluding carboxylic acids is 3. The number of amides is 2. The van der Waals surface area contributed by atoms with Crippen molar-refractivity contribution >= 4 is 18.0 Å². The molecule has 16 heavy (non-hydrogen) atoms. The molecule has 0 aromatic rings. The van der Waals surface area contributed by atoms with Gasteiger partial charge >= 0.3 is 6.16 Å². The molecule has 0 aromatic heterocycles. The largest absolute Gasteiger partial charge is 0.534 e. The minimum absolute atomic E-state index is 0.0728. The molecule has 1 unspecified atom stereocenters. The smallest absolute Gasteiger partial charge is 0.426 e. The Bertz CT molecular complexity index is 360. The van der Waals surface area contributed by atoms with Crippen molar-refractivity contribution in [3.8, 4) is 0 Å². The van der Waals surface area contributed by atoms with Crippen molar-refractivity contribution in [3.05, 3.63) is 0 Å². The Balaban J connectivity index is 1.91. The van der Waals surface area contributed by atoms with Crippen LogP contribution in [0.4, 0.5) is 4.79 Å². The summed E-state index contributed by atoms with van der Waals surface area (Å²) >= 11 is 0. The van der Waals surface area contributed by atoms with Crippen LogP contribution in [0.5, 0.6) is 0 Å². The normalized spacial score (nSPS) is 26.9. The number of hydrogen-bond donors (Lipinski definition) is 0. The number of ether oxygens (including phenoxy) is 1. The van der Waals surface area contributed by atoms with E-state index in [4.69, 9.17) is 4.74 Å². The molecule has 6 nitrogen and oxygen atoms in total. The third-order valence-corrected chi connectivity index (χ3v) is 2.78. The summed E-state index contributed by atoms with van der Waals surface area (Å²) in [5.41, 5.74) is -0.478. The molecule has 0 spiro atoms. The molecule has 0 radical (unpaired) electrons. The van der Waals surface area contributed by atoms with Gasteiger partial charge in [-0.2, -0.15) is 0 Å². The van der Waals surface area contributed by atoms with E-state index in [1.54, 1.807) is 13.8 Å². The summed E-state index contributed by atoms with van der Waals surface area (Å²) in [6, 6.07) is 0. The third-order valence-electron chi connectivity index (χ3n) is 2.78. The van der Waals surface area contributed by atoms with Gasteiger partial charge in [0, 0.05) is 12.3 Å². The summed E-state index contributed by atoms with van der Waals surface area (Å²) in [7, 11) is 0. The lowest BCUT2D eigenvalue weighted by Gasteiger charge is -2.15. The number of carbonyl (C=O) groups is 3. The quantitative estimate of drug-likeness (QED) is 0.519. The Hall–Kier alpha value is -1.59. The molecule has 1 atom stereocenters. The molecule has 0 bridgehead atoms. The molecule has 1 saturated heterocycles. The van der Waals surface area contributed by atoms with E-state index < -0.39 is 29.5 Å². The fraction of sp³-hybridized carbons (Fsp3) is 0.700. The van der Waals surface area contributed by atoms with Crippen LogP contribution in [0.2, 0.25) is 0 Å². The van der Waals surface area contributed by atoms with E-state index >= 15 is 0 Å². The highest BCUT2D eigenvalue weighted by Crippen LogP contribution is 2.39. The van der Waals surface area contributed by atoms with Crippen LogP contribution >= 0.6 is 0 Å². The van der Waals surface area contributed by atoms with Crippen LogP contribution in [0.25, 0.3) is 0 Å². The highest BCUT2D eigenvalue weighted by atomic mass is 16.8. The van der Waals surface area contributed by atoms with E-state index in [1.807, 2.05) is 0 Å². The van der Waals surface area contributed by atoms with Crippen LogP contribution in [0.3, 0.4) is 0 Å². The van der Waals surface area contributed by atoms with Crippen LogP contribution < -0.4 is 0 Å². The summed E-state index contributed by atoms with van der Waals surface area (Å²) in [5.74, 6) is -1.44. The van der Waals surface area contributed by atoms with Crippen LogP contribution in [0, 0.1) is 5.92 Å². The van der Waals surface area contributed by atoms with Crippen LogP contribution in [-0.4, -0.2) is 28.6 Å². The van der Waals surface area contributed by atoms with Gasteiger partial charge in [-0.3, -0.25) is 14.4 Å². The van der Waals surface area contributed by atoms with Gasteiger partial charge in [0.25, 0.3) is 11.8 Å². The minimum Gasteiger partial charge on any atom is -0.426 e. The van der Waals surface area contributed by atoms with E-state index in [0.29, 0.717) is 5.06 Å². The molecule has 2 rings (SSSR count). The Morgan fingerprint density at radius 1 is 1.44 bits per heavy atom. The van der Waals surface area contributed by atoms with Crippen LogP contribution in [0.15, 0.2) is 0 Å². The molecule has 1 heterocycles. The Labute approximate surface area is 92.4 Å². The number of rotatable bonds is 2. The second kappa shape index (κ2) is 3.47. The molecule has 1 aliphatic carbocycles. The van der Waals surface area contributed by atoms with E-state index in [1.165, 1.54) is 0 Å². The molecule has 6 heteroatoms. The summed E-state index contributed by atoms with van der Waals surface area (Å²) in [6.07, 6.45) is 0.639. The second-order valence-corrected chi connectivity index (χ2v) is 4.52. The van der Waals surface area contributed by atoms with Crippen molar-refractivity contribution in [1.82, 2.24) is 5.06 Å². The highest BCUT2D eigenvalue weighted by molar-refractivity contribution is 6.02. The Morgan fingerprint density at radius 2 is 2.06 bits per heavy atom. The molecule has 2 aliphatic rings. The van der Waals surface area contributed by atoms with Crippen molar-refractivity contribution in [2.24, 2.45) is 5.92 Å². The number of imide groups is 1. The van der Waals surface area contributed by atoms with Gasteiger partial charge in [-0.15, -0.1) is 0 Å². The van der Waals surface area contributed by atoms with Crippen molar-refractivity contribution in [1.29, 1.82) is 0 Å². The first-order valence-electron chi connectivity index (χ1n) is 5.19. The first kappa shape index (κ1) is 10.9. The summed E-state index contributed by atoms with van der Waals surface area (Å²) in [4.78, 5) is 38.5. The maximum Gasteiger partial charge on any atom is 0.534 e. The average molecular weight is 227 g/mol. The molecule has 2 amide bonds. The monoisotopic (exact) mass is 227 g/mol. The summed E-state index contributed by atoms with van der Waals surface area (Å²) in [6.45, 7) is 3.38. The number of hydrogen-bond acceptors (Lipinski definition) is 5. The molecule has 1 aliphatic heterocycles. The van der Waals surface area contributed by atoms with Crippen molar-refractivity contribution in [3.63, 3.8) is 0 Å². The number of hydroxylamine groups is 2. The first-order valence-corrected chi connectivity index (χ1v) is 5.19. The second-order valence-electron chi connectivity index (χ2n) is 4.52. The third kappa shape index (κ3) is 2.00. The standard InChI is InChI=1S/C10H13NO5/c1-6-5-7(12)11(8(6)13)16-9(14)15-10(2)3-4-10/h6H,3-5H2,1-2H3. The van der Waals surface area contributed by atoms with Gasteiger partial charge in [0.15, 0.2) is 0 Å². The minimum atomic E-state index is -0.990. The van der Waals surface area contributed by atoms with Crippen molar-refractivity contribution in [2.45, 2.75) is 38.7 Å². The lowest BCUT2D eigenvalue weighted by Crippen LogP contribution is -2.34. The molecular formula is C10H13NO5. The predicted molar refractivity (Wildman–Crippen MR) is 50.8 cm³/mol. The maximum atomic E-state index is 11.4. The average Bonchev–Trinajstić information content (AvgIpc) is 2.85. The van der Waals surface area contributed by atoms with E-state index in [0.717, 1.165) is 12.8 Å². The number of nitrogens with zero attached hydrogens (tertiary/aromatic N) is 1. The Kier molecular flexibility index (Phi) is 2.36. The maximum absolute atomic E-state index is 11.4. The fourth-order valence-electron chi connectivity index (χ4n) is 1.42. The first-order chi connectivity index (χ1) is 7.41. The van der Waals surface area contributed by atoms with Crippen molar-refractivity contribution in [2.75, 3.05) is 0 Å². The van der Waals surface area contributed by atoms with E-state index in [-0.39, 0.29) is 6.42 Å². The predicted octanol–water partition coefficient (Wildman–Crippen LogP) is 1.00. The molecule has 2 fully saturated rings. The van der Waals surface area contributed by atoms with E-state index in [2.05, 4.69) is 4.84 Å². The highest BCUT2D eigenvalue weighted by Gasteiger charge is 2.44. The zero-order valence-electron chi connectivity index (χ0n) is 9.19. The lowest BCUT2D eigenvalue weighted by molar-refractivity contribution is -0.179. The molecule has 0 N–H and O–H groups in total. The molecule has 0 aromatic carbocycles. The topological polar surface area (TPSA) is 72.9 Å². The SMILES string of the molecule is CC1CC(=O)N(OC(=O)OC2(C)CC2)C1=O. The fourth-order valence-corrected chi connectivity index (χ4v) is 1.42. The van der Waals surface area contributed by atoms with Gasteiger partial charge in [0.05, 0.1) is 0 Å². The van der Waals surface area contributed by atoms with Gasteiger partial charge < -0.3 is 4.74 Å². The molecule has 1 saturated carbocycles. The molecule has 88 valence electrons. The van der Waals surface area contributed by atoms with Crippen LogP contribution in [-0.2, 0) is 19.2 Å². The molecular weight excluding hydrogens is 214 g/mol. The zero-order valence-corrected chi connectivity index (χ0v) is 9.19.